The van der Waals surface area contributed by atoms with Crippen molar-refractivity contribution in [3.63, 3.8) is 0 Å². The molecule has 3 aromatic rings. The van der Waals surface area contributed by atoms with E-state index in [-0.39, 0.29) is 28.9 Å². The lowest BCUT2D eigenvalue weighted by Crippen LogP contribution is -2.34. The van der Waals surface area contributed by atoms with Gasteiger partial charge >= 0.3 is 0 Å². The number of nitrogens with two attached hydrogens (primary N) is 2. The van der Waals surface area contributed by atoms with Crippen LogP contribution in [0.5, 0.6) is 11.5 Å². The number of carbonyl (C=O) groups is 1. The van der Waals surface area contributed by atoms with Crippen molar-refractivity contribution in [1.82, 2.24) is 14.7 Å². The normalized spacial score (nSPS) is 15.8. The molecular formula is C22H19F3N6O2. The van der Waals surface area contributed by atoms with Gasteiger partial charge in [0.25, 0.3) is 5.91 Å². The zero-order chi connectivity index (χ0) is 23.7. The molecule has 0 aliphatic carbocycles. The van der Waals surface area contributed by atoms with Crippen molar-refractivity contribution in [3.05, 3.63) is 59.4 Å². The summed E-state index contributed by atoms with van der Waals surface area (Å²) in [4.78, 5) is 13.7. The number of rotatable bonds is 5. The first-order valence-electron chi connectivity index (χ1n) is 10.0. The lowest BCUT2D eigenvalue weighted by molar-refractivity contribution is 0.100. The second-order valence-corrected chi connectivity index (χ2v) is 7.56. The largest absolute Gasteiger partial charge is 0.454 e. The van der Waals surface area contributed by atoms with Crippen LogP contribution in [0.25, 0.3) is 11.3 Å². The molecule has 170 valence electrons. The first-order valence-corrected chi connectivity index (χ1v) is 10.0. The Morgan fingerprint density at radius 3 is 2.55 bits per heavy atom. The van der Waals surface area contributed by atoms with Gasteiger partial charge in [-0.25, -0.2) is 13.5 Å². The number of likely N-dealkylation sites (tertiary alicyclic amines) is 1. The molecule has 4 rings (SSSR count). The quantitative estimate of drug-likeness (QED) is 0.447. The molecule has 33 heavy (non-hydrogen) atoms. The number of primary amides is 1. The van der Waals surface area contributed by atoms with E-state index in [1.807, 2.05) is 0 Å². The average Bonchev–Trinajstić information content (AvgIpc) is 3.17. The molecule has 8 nitrogen and oxygen atoms in total. The summed E-state index contributed by atoms with van der Waals surface area (Å²) in [5.41, 5.74) is 12.5. The minimum absolute atomic E-state index is 0.0457. The van der Waals surface area contributed by atoms with E-state index in [9.17, 15) is 23.2 Å². The summed E-state index contributed by atoms with van der Waals surface area (Å²) in [5, 5.41) is 13.7. The number of nitrogens with zero attached hydrogens (tertiary/aromatic N) is 4. The molecule has 2 aromatic carbocycles. The summed E-state index contributed by atoms with van der Waals surface area (Å²) in [5.74, 6) is -5.38. The van der Waals surface area contributed by atoms with Gasteiger partial charge in [-0.1, -0.05) is 0 Å². The van der Waals surface area contributed by atoms with Gasteiger partial charge in [0.2, 0.25) is 5.82 Å². The third-order valence-electron chi connectivity index (χ3n) is 5.43. The highest BCUT2D eigenvalue weighted by Gasteiger charge is 2.28. The number of aromatic nitrogens is 2. The van der Waals surface area contributed by atoms with Crippen LogP contribution in [-0.2, 0) is 0 Å². The Morgan fingerprint density at radius 1 is 1.15 bits per heavy atom. The van der Waals surface area contributed by atoms with Crippen LogP contribution in [0.15, 0.2) is 36.4 Å². The molecule has 0 saturated carbocycles. The van der Waals surface area contributed by atoms with Gasteiger partial charge in [0.05, 0.1) is 12.6 Å². The molecule has 1 aliphatic heterocycles. The molecule has 2 heterocycles. The Hall–Kier alpha value is -4.20. The molecular weight excluding hydrogens is 437 g/mol. The monoisotopic (exact) mass is 456 g/mol. The lowest BCUT2D eigenvalue weighted by atomic mass is 10.1. The van der Waals surface area contributed by atoms with E-state index < -0.39 is 29.1 Å². The van der Waals surface area contributed by atoms with Gasteiger partial charge in [0, 0.05) is 12.1 Å². The van der Waals surface area contributed by atoms with E-state index in [0.29, 0.717) is 18.7 Å². The van der Waals surface area contributed by atoms with Crippen LogP contribution < -0.4 is 16.2 Å². The van der Waals surface area contributed by atoms with Crippen molar-refractivity contribution >= 4 is 11.7 Å². The summed E-state index contributed by atoms with van der Waals surface area (Å²) < 4.78 is 47.2. The minimum atomic E-state index is -1.63. The van der Waals surface area contributed by atoms with Crippen molar-refractivity contribution in [3.8, 4) is 28.9 Å². The van der Waals surface area contributed by atoms with Gasteiger partial charge in [-0.15, -0.1) is 0 Å². The molecule has 1 fully saturated rings. The SMILES string of the molecule is N#CN1CCCC(n2nc(-c3ccc(Oc4ccc(F)c(F)c4F)cc3)c(C(N)=O)c2N)C1. The van der Waals surface area contributed by atoms with E-state index in [2.05, 4.69) is 11.3 Å². The molecule has 0 radical (unpaired) electrons. The number of halogens is 3. The van der Waals surface area contributed by atoms with Crippen molar-refractivity contribution < 1.29 is 22.7 Å². The molecule has 1 atom stereocenters. The maximum absolute atomic E-state index is 13.9. The van der Waals surface area contributed by atoms with E-state index in [1.165, 1.54) is 16.8 Å². The number of nitrogen functional groups attached to an aromatic ring is 1. The number of amides is 1. The van der Waals surface area contributed by atoms with Crippen LogP contribution in [0.3, 0.4) is 0 Å². The number of nitriles is 1. The van der Waals surface area contributed by atoms with Gasteiger partial charge in [-0.05, 0) is 49.2 Å². The summed E-state index contributed by atoms with van der Waals surface area (Å²) in [6.07, 6.45) is 3.61. The van der Waals surface area contributed by atoms with Gasteiger partial charge < -0.3 is 21.1 Å². The van der Waals surface area contributed by atoms with E-state index in [4.69, 9.17) is 16.2 Å². The van der Waals surface area contributed by atoms with E-state index in [1.54, 1.807) is 17.0 Å². The number of ether oxygens (including phenoxy) is 1. The molecule has 1 amide bonds. The molecule has 11 heteroatoms. The molecule has 0 bridgehead atoms. The summed E-state index contributed by atoms with van der Waals surface area (Å²) in [7, 11) is 0. The third kappa shape index (κ3) is 4.15. The van der Waals surface area contributed by atoms with Gasteiger partial charge in [-0.3, -0.25) is 4.79 Å². The van der Waals surface area contributed by atoms with Gasteiger partial charge in [0.15, 0.2) is 23.6 Å². The van der Waals surface area contributed by atoms with Crippen molar-refractivity contribution in [2.45, 2.75) is 18.9 Å². The Kier molecular flexibility index (Phi) is 5.83. The van der Waals surface area contributed by atoms with E-state index in [0.717, 1.165) is 25.0 Å². The first kappa shape index (κ1) is 22.0. The maximum atomic E-state index is 13.9. The fourth-order valence-corrected chi connectivity index (χ4v) is 3.81. The topological polar surface area (TPSA) is 123 Å². The number of hydrogen-bond acceptors (Lipinski definition) is 6. The molecule has 1 unspecified atom stereocenters. The van der Waals surface area contributed by atoms with Crippen molar-refractivity contribution in [2.24, 2.45) is 5.73 Å². The van der Waals surface area contributed by atoms with Crippen molar-refractivity contribution in [2.75, 3.05) is 18.8 Å². The smallest absolute Gasteiger partial charge is 0.254 e. The Morgan fingerprint density at radius 2 is 1.88 bits per heavy atom. The molecule has 1 aromatic heterocycles. The fourth-order valence-electron chi connectivity index (χ4n) is 3.81. The first-order chi connectivity index (χ1) is 15.8. The van der Waals surface area contributed by atoms with Crippen LogP contribution in [0.4, 0.5) is 19.0 Å². The van der Waals surface area contributed by atoms with Crippen LogP contribution >= 0.6 is 0 Å². The molecule has 0 spiro atoms. The zero-order valence-electron chi connectivity index (χ0n) is 17.3. The number of piperidine rings is 1. The maximum Gasteiger partial charge on any atom is 0.254 e. The summed E-state index contributed by atoms with van der Waals surface area (Å²) >= 11 is 0. The summed E-state index contributed by atoms with van der Waals surface area (Å²) in [6, 6.07) is 7.54. The Balaban J connectivity index is 1.64. The van der Waals surface area contributed by atoms with Crippen LogP contribution in [-0.4, -0.2) is 33.7 Å². The highest BCUT2D eigenvalue weighted by molar-refractivity contribution is 6.03. The fraction of sp³-hybridized carbons (Fsp3) is 0.227. The number of carbonyl (C=O) groups excluding carboxylic acids is 1. The van der Waals surface area contributed by atoms with Crippen molar-refractivity contribution in [1.29, 1.82) is 5.26 Å². The number of benzene rings is 2. The predicted molar refractivity (Wildman–Crippen MR) is 112 cm³/mol. The number of anilines is 1. The Labute approximate surface area is 186 Å². The molecule has 1 saturated heterocycles. The predicted octanol–water partition coefficient (Wildman–Crippen LogP) is 3.56. The number of hydrogen-bond donors (Lipinski definition) is 2. The Bertz CT molecular complexity index is 1250. The van der Waals surface area contributed by atoms with Gasteiger partial charge in [0.1, 0.15) is 22.8 Å². The minimum Gasteiger partial charge on any atom is -0.454 e. The highest BCUT2D eigenvalue weighted by atomic mass is 19.2. The van der Waals surface area contributed by atoms with E-state index >= 15 is 0 Å². The molecule has 4 N–H and O–H groups in total. The van der Waals surface area contributed by atoms with Crippen LogP contribution in [0.1, 0.15) is 29.2 Å². The standard InChI is InChI=1S/C22H19F3N6O2/c23-15-7-8-16(19(25)18(15)24)33-14-5-3-12(4-6-14)20-17(22(28)32)21(27)31(29-20)13-2-1-9-30(10-13)11-26/h3-8,13H,1-2,9-10,27H2,(H2,28,32). The van der Waals surface area contributed by atoms with Crippen LogP contribution in [0, 0.1) is 28.9 Å². The average molecular weight is 456 g/mol. The van der Waals surface area contributed by atoms with Gasteiger partial charge in [-0.2, -0.15) is 14.8 Å². The highest BCUT2D eigenvalue weighted by Crippen LogP contribution is 2.34. The third-order valence-corrected chi connectivity index (χ3v) is 5.43. The zero-order valence-corrected chi connectivity index (χ0v) is 17.3. The summed E-state index contributed by atoms with van der Waals surface area (Å²) in [6.45, 7) is 1.05. The second kappa shape index (κ2) is 8.74. The van der Waals surface area contributed by atoms with Crippen LogP contribution in [0.2, 0.25) is 0 Å². The molecule has 1 aliphatic rings. The lowest BCUT2D eigenvalue weighted by Gasteiger charge is -2.29. The second-order valence-electron chi connectivity index (χ2n) is 7.56.